The van der Waals surface area contributed by atoms with Gasteiger partial charge < -0.3 is 19.5 Å². The normalized spacial score (nSPS) is 16.2. The number of hydrogen-bond acceptors (Lipinski definition) is 10. The molecular weight excluding hydrogens is 717 g/mol. The van der Waals surface area contributed by atoms with E-state index < -0.39 is 11.9 Å². The molecule has 6 aromatic rings. The lowest BCUT2D eigenvalue weighted by Crippen LogP contribution is -2.52. The number of aryl methyl sites for hydroxylation is 3. The highest BCUT2D eigenvalue weighted by Crippen LogP contribution is 2.37. The molecule has 2 aromatic carbocycles. The van der Waals surface area contributed by atoms with Gasteiger partial charge in [-0.1, -0.05) is 48.2 Å². The van der Waals surface area contributed by atoms with Gasteiger partial charge in [0.15, 0.2) is 5.82 Å². The fourth-order valence-electron chi connectivity index (χ4n) is 7.43. The highest BCUT2D eigenvalue weighted by atomic mass is 32.1. The fourth-order valence-corrected chi connectivity index (χ4v) is 8.68. The summed E-state index contributed by atoms with van der Waals surface area (Å²) >= 11 is 1.65. The zero-order valence-corrected chi connectivity index (χ0v) is 30.8. The van der Waals surface area contributed by atoms with Crippen LogP contribution in [0.1, 0.15) is 73.2 Å². The number of thiophene rings is 1. The van der Waals surface area contributed by atoms with Gasteiger partial charge in [-0.15, -0.1) is 21.5 Å². The molecule has 0 aliphatic carbocycles. The summed E-state index contributed by atoms with van der Waals surface area (Å²) < 4.78 is 12.1. The maximum atomic E-state index is 13.3. The van der Waals surface area contributed by atoms with Crippen LogP contribution < -0.4 is 10.6 Å². The van der Waals surface area contributed by atoms with Crippen molar-refractivity contribution >= 4 is 34.7 Å². The van der Waals surface area contributed by atoms with Gasteiger partial charge in [-0.3, -0.25) is 28.9 Å². The number of anilines is 1. The summed E-state index contributed by atoms with van der Waals surface area (Å²) in [5, 5.41) is 20.2. The van der Waals surface area contributed by atoms with Crippen molar-refractivity contribution in [3.8, 4) is 16.8 Å². The van der Waals surface area contributed by atoms with Crippen LogP contribution in [0.4, 0.5) is 5.69 Å². The van der Waals surface area contributed by atoms with Crippen molar-refractivity contribution < 1.29 is 19.1 Å². The predicted molar refractivity (Wildman–Crippen MR) is 202 cm³/mol. The van der Waals surface area contributed by atoms with Gasteiger partial charge in [0, 0.05) is 54.3 Å². The molecule has 15 heteroatoms. The van der Waals surface area contributed by atoms with Crippen LogP contribution in [0.15, 0.2) is 73.4 Å². The third-order valence-corrected chi connectivity index (χ3v) is 11.4. The smallest absolute Gasteiger partial charge is 0.255 e. The molecule has 4 aromatic heterocycles. The zero-order chi connectivity index (χ0) is 37.5. The van der Waals surface area contributed by atoms with E-state index >= 15 is 0 Å². The van der Waals surface area contributed by atoms with E-state index in [4.69, 9.17) is 4.74 Å². The van der Waals surface area contributed by atoms with E-state index in [2.05, 4.69) is 76.2 Å². The Morgan fingerprint density at radius 3 is 2.76 bits per heavy atom. The molecule has 9 rings (SSSR count). The molecule has 0 bridgehead atoms. The summed E-state index contributed by atoms with van der Waals surface area (Å²) in [7, 11) is 0. The van der Waals surface area contributed by atoms with Crippen LogP contribution in [0.5, 0.6) is 0 Å². The van der Waals surface area contributed by atoms with E-state index in [1.807, 2.05) is 42.2 Å². The largest absolute Gasteiger partial charge is 0.379 e. The molecule has 0 spiro atoms. The third kappa shape index (κ3) is 6.70. The van der Waals surface area contributed by atoms with Gasteiger partial charge in [0.25, 0.3) is 5.91 Å². The number of nitrogens with zero attached hydrogens (tertiary/aromatic N) is 8. The molecule has 14 nitrogen and oxygen atoms in total. The number of aromatic nitrogens is 7. The molecule has 1 atom stereocenters. The Balaban J connectivity index is 0.878. The Morgan fingerprint density at radius 2 is 1.89 bits per heavy atom. The van der Waals surface area contributed by atoms with E-state index in [0.29, 0.717) is 51.4 Å². The molecule has 1 fully saturated rings. The van der Waals surface area contributed by atoms with E-state index in [9.17, 15) is 14.4 Å². The van der Waals surface area contributed by atoms with Crippen LogP contribution in [-0.4, -0.2) is 62.8 Å². The van der Waals surface area contributed by atoms with Gasteiger partial charge in [-0.05, 0) is 43.0 Å². The molecule has 276 valence electrons. The Morgan fingerprint density at radius 1 is 1.00 bits per heavy atom. The van der Waals surface area contributed by atoms with E-state index in [1.165, 1.54) is 5.56 Å². The first kappa shape index (κ1) is 34.4. The van der Waals surface area contributed by atoms with Crippen molar-refractivity contribution in [3.63, 3.8) is 0 Å². The van der Waals surface area contributed by atoms with Gasteiger partial charge in [0.1, 0.15) is 23.5 Å². The van der Waals surface area contributed by atoms with Gasteiger partial charge >= 0.3 is 0 Å². The minimum absolute atomic E-state index is 0.200. The average Bonchev–Trinajstić information content (AvgIpc) is 4.02. The molecule has 3 aliphatic heterocycles. The number of ether oxygens (including phenoxy) is 1. The first-order chi connectivity index (χ1) is 26.9. The number of carbonyl (C=O) groups is 3. The summed E-state index contributed by atoms with van der Waals surface area (Å²) in [6, 6.07) is 15.3. The van der Waals surface area contributed by atoms with Crippen LogP contribution >= 0.6 is 11.3 Å². The number of hydrogen-bond donors (Lipinski definition) is 2. The second-order valence-electron chi connectivity index (χ2n) is 13.8. The number of rotatable bonds is 9. The molecular formula is C40H36N10O4S. The van der Waals surface area contributed by atoms with Crippen molar-refractivity contribution in [3.05, 3.63) is 129 Å². The van der Waals surface area contributed by atoms with E-state index in [0.717, 1.165) is 61.6 Å². The second-order valence-corrected chi connectivity index (χ2v) is 14.8. The maximum absolute atomic E-state index is 13.3. The number of benzene rings is 2. The SMILES string of the molecule is Cc1nnc2n1-c1sc(C#Cc3cnn(CCn4cncc4CNc4cccc5c4CN(C4CCC(=O)NC4=O)C5=O)c3)c(Cc3ccccc3)c1COC2. The lowest BCUT2D eigenvalue weighted by molar-refractivity contribution is -0.136. The molecule has 2 N–H and O–H groups in total. The first-order valence-electron chi connectivity index (χ1n) is 18.1. The minimum atomic E-state index is -0.660. The van der Waals surface area contributed by atoms with Crippen molar-refractivity contribution in [2.75, 3.05) is 5.32 Å². The first-order valence-corrected chi connectivity index (χ1v) is 18.9. The standard InChI is InChI=1S/C40H36N10O4S/c1-25-45-46-36-23-54-22-32-30(16-26-6-3-2-4-7-26)35(55-40(32)50(25)36)12-10-27-17-43-48(20-27)15-14-47-24-41-18-28(47)19-42-33-9-5-8-29-31(33)21-49(39(29)53)34-11-13-37(51)44-38(34)52/h2-9,17-18,20,24,34,42H,11,13-16,19,21-23H2,1H3,(H,44,51,52). The number of imide groups is 1. The van der Waals surface area contributed by atoms with Crippen molar-refractivity contribution in [1.82, 2.24) is 44.3 Å². The number of amides is 3. The number of fused-ring (bicyclic) bond motifs is 4. The second kappa shape index (κ2) is 14.5. The average molecular weight is 753 g/mol. The molecule has 1 unspecified atom stereocenters. The van der Waals surface area contributed by atoms with Crippen LogP contribution in [0, 0.1) is 18.8 Å². The monoisotopic (exact) mass is 752 g/mol. The van der Waals surface area contributed by atoms with Crippen molar-refractivity contribution in [1.29, 1.82) is 0 Å². The molecule has 1 saturated heterocycles. The number of piperidine rings is 1. The van der Waals surface area contributed by atoms with Crippen LogP contribution in [-0.2, 0) is 60.1 Å². The van der Waals surface area contributed by atoms with Gasteiger partial charge in [0.2, 0.25) is 11.8 Å². The summed E-state index contributed by atoms with van der Waals surface area (Å²) in [6.45, 7) is 4.89. The molecule has 55 heavy (non-hydrogen) atoms. The number of imidazole rings is 1. The van der Waals surface area contributed by atoms with E-state index in [1.54, 1.807) is 34.8 Å². The molecule has 0 radical (unpaired) electrons. The maximum Gasteiger partial charge on any atom is 0.255 e. The summed E-state index contributed by atoms with van der Waals surface area (Å²) in [6.07, 6.45) is 8.65. The van der Waals surface area contributed by atoms with Crippen LogP contribution in [0.3, 0.4) is 0 Å². The van der Waals surface area contributed by atoms with Gasteiger partial charge in [0.05, 0.1) is 48.4 Å². The highest BCUT2D eigenvalue weighted by molar-refractivity contribution is 7.15. The summed E-state index contributed by atoms with van der Waals surface area (Å²) in [5.74, 6) is 7.52. The topological polar surface area (TPSA) is 154 Å². The van der Waals surface area contributed by atoms with Gasteiger partial charge in [-0.2, -0.15) is 5.10 Å². The molecule has 0 saturated carbocycles. The number of carbonyl (C=O) groups excluding carboxylic acids is 3. The Labute approximate surface area is 320 Å². The van der Waals surface area contributed by atoms with Gasteiger partial charge in [-0.25, -0.2) is 4.98 Å². The van der Waals surface area contributed by atoms with Crippen molar-refractivity contribution in [2.24, 2.45) is 0 Å². The van der Waals surface area contributed by atoms with E-state index in [-0.39, 0.29) is 18.2 Å². The highest BCUT2D eigenvalue weighted by Gasteiger charge is 2.40. The minimum Gasteiger partial charge on any atom is -0.379 e. The Kier molecular flexibility index (Phi) is 9.04. The summed E-state index contributed by atoms with van der Waals surface area (Å²) in [4.78, 5) is 44.4. The third-order valence-electron chi connectivity index (χ3n) is 10.3. The molecule has 7 heterocycles. The fraction of sp³-hybridized carbons (Fsp3) is 0.275. The zero-order valence-electron chi connectivity index (χ0n) is 30.0. The molecule has 3 aliphatic rings. The van der Waals surface area contributed by atoms with Crippen molar-refractivity contribution in [2.45, 2.75) is 71.6 Å². The lowest BCUT2D eigenvalue weighted by Gasteiger charge is -2.29. The number of nitrogens with one attached hydrogen (secondary N) is 2. The Bertz CT molecular complexity index is 2520. The van der Waals surface area contributed by atoms with Crippen LogP contribution in [0.25, 0.3) is 5.00 Å². The lowest BCUT2D eigenvalue weighted by atomic mass is 10.0. The predicted octanol–water partition coefficient (Wildman–Crippen LogP) is 4.12. The quantitative estimate of drug-likeness (QED) is 0.164. The molecule has 3 amide bonds. The van der Waals surface area contributed by atoms with Crippen LogP contribution in [0.2, 0.25) is 0 Å². The Hall–Kier alpha value is -6.37. The summed E-state index contributed by atoms with van der Waals surface area (Å²) in [5.41, 5.74) is 7.50.